The second kappa shape index (κ2) is 5.38. The normalized spacial score (nSPS) is 20.4. The summed E-state index contributed by atoms with van der Waals surface area (Å²) in [5, 5.41) is 10.1. The van der Waals surface area contributed by atoms with Gasteiger partial charge in [-0.3, -0.25) is 4.79 Å². The van der Waals surface area contributed by atoms with Gasteiger partial charge in [0, 0.05) is 28.1 Å². The Bertz CT molecular complexity index is 418. The highest BCUT2D eigenvalue weighted by atomic mass is 79.9. The zero-order valence-corrected chi connectivity index (χ0v) is 11.5. The number of halogens is 2. The van der Waals surface area contributed by atoms with Gasteiger partial charge in [0.05, 0.1) is 6.10 Å². The molecule has 0 radical (unpaired) electrons. The zero-order valence-electron chi connectivity index (χ0n) is 9.20. The third kappa shape index (κ3) is 3.21. The van der Waals surface area contributed by atoms with Gasteiger partial charge in [-0.15, -0.1) is 0 Å². The molecule has 92 valence electrons. The van der Waals surface area contributed by atoms with E-state index in [4.69, 9.17) is 11.6 Å². The maximum atomic E-state index is 12.2. The molecule has 1 unspecified atom stereocenters. The first-order chi connectivity index (χ1) is 8.06. The van der Waals surface area contributed by atoms with Crippen LogP contribution in [0.15, 0.2) is 22.7 Å². The highest BCUT2D eigenvalue weighted by Crippen LogP contribution is 2.22. The van der Waals surface area contributed by atoms with Crippen LogP contribution in [0.2, 0.25) is 5.02 Å². The molecule has 0 aliphatic carbocycles. The van der Waals surface area contributed by atoms with E-state index in [1.807, 2.05) is 0 Å². The quantitative estimate of drug-likeness (QED) is 0.865. The number of aliphatic hydroxyl groups excluding tert-OH is 1. The number of hydrogen-bond donors (Lipinski definition) is 1. The number of likely N-dealkylation sites (tertiary alicyclic amines) is 1. The minimum absolute atomic E-state index is 0.0769. The molecular weight excluding hydrogens is 305 g/mol. The van der Waals surface area contributed by atoms with Gasteiger partial charge in [-0.2, -0.15) is 0 Å². The molecule has 1 aliphatic heterocycles. The van der Waals surface area contributed by atoms with Crippen LogP contribution in [0, 0.1) is 0 Å². The van der Waals surface area contributed by atoms with Crippen molar-refractivity contribution in [2.45, 2.75) is 18.9 Å². The van der Waals surface area contributed by atoms with E-state index >= 15 is 0 Å². The molecule has 1 saturated heterocycles. The lowest BCUT2D eigenvalue weighted by Gasteiger charge is -2.30. The molecule has 1 N–H and O–H groups in total. The number of carbonyl (C=O) groups is 1. The fourth-order valence-electron chi connectivity index (χ4n) is 2.00. The molecule has 1 heterocycles. The first-order valence-corrected chi connectivity index (χ1v) is 6.67. The second-order valence-electron chi connectivity index (χ2n) is 4.21. The Morgan fingerprint density at radius 1 is 1.47 bits per heavy atom. The van der Waals surface area contributed by atoms with Crippen molar-refractivity contribution in [2.24, 2.45) is 0 Å². The Hall–Kier alpha value is -0.580. The summed E-state index contributed by atoms with van der Waals surface area (Å²) < 4.78 is 0.783. The average molecular weight is 319 g/mol. The monoisotopic (exact) mass is 317 g/mol. The third-order valence-electron chi connectivity index (χ3n) is 2.79. The molecule has 1 atom stereocenters. The van der Waals surface area contributed by atoms with E-state index in [9.17, 15) is 9.90 Å². The molecule has 1 amide bonds. The number of amides is 1. The van der Waals surface area contributed by atoms with Gasteiger partial charge in [0.1, 0.15) is 0 Å². The van der Waals surface area contributed by atoms with E-state index in [1.54, 1.807) is 23.1 Å². The van der Waals surface area contributed by atoms with Gasteiger partial charge in [-0.25, -0.2) is 0 Å². The Morgan fingerprint density at radius 2 is 2.24 bits per heavy atom. The molecule has 2 rings (SSSR count). The number of carbonyl (C=O) groups excluding carboxylic acids is 1. The number of nitrogens with zero attached hydrogens (tertiary/aromatic N) is 1. The smallest absolute Gasteiger partial charge is 0.254 e. The first kappa shape index (κ1) is 12.9. The highest BCUT2D eigenvalue weighted by Gasteiger charge is 2.23. The number of rotatable bonds is 1. The van der Waals surface area contributed by atoms with Gasteiger partial charge in [-0.1, -0.05) is 27.5 Å². The van der Waals surface area contributed by atoms with Crippen LogP contribution in [0.5, 0.6) is 0 Å². The standard InChI is InChI=1S/C12H13BrClNO2/c13-9-4-8(5-10(14)6-9)12(17)15-3-1-2-11(16)7-15/h4-6,11,16H,1-3,7H2. The molecule has 0 aromatic heterocycles. The molecule has 5 heteroatoms. The van der Waals surface area contributed by atoms with E-state index in [0.717, 1.165) is 17.3 Å². The highest BCUT2D eigenvalue weighted by molar-refractivity contribution is 9.10. The van der Waals surface area contributed by atoms with Crippen LogP contribution in [0.4, 0.5) is 0 Å². The maximum absolute atomic E-state index is 12.2. The first-order valence-electron chi connectivity index (χ1n) is 5.49. The molecule has 0 saturated carbocycles. The molecule has 3 nitrogen and oxygen atoms in total. The Kier molecular flexibility index (Phi) is 4.07. The summed E-state index contributed by atoms with van der Waals surface area (Å²) in [7, 11) is 0. The van der Waals surface area contributed by atoms with Gasteiger partial charge in [0.2, 0.25) is 0 Å². The van der Waals surface area contributed by atoms with E-state index in [2.05, 4.69) is 15.9 Å². The van der Waals surface area contributed by atoms with Crippen molar-refractivity contribution in [3.8, 4) is 0 Å². The van der Waals surface area contributed by atoms with Crippen LogP contribution in [-0.4, -0.2) is 35.1 Å². The third-order valence-corrected chi connectivity index (χ3v) is 3.47. The number of benzene rings is 1. The summed E-state index contributed by atoms with van der Waals surface area (Å²) in [5.74, 6) is -0.0769. The molecule has 1 aromatic rings. The number of β-amino-alcohol motifs (C(OH)–C–C–N with tert-alkyl or cyclic N) is 1. The average Bonchev–Trinajstić information content (AvgIpc) is 2.26. The lowest BCUT2D eigenvalue weighted by atomic mass is 10.1. The molecular formula is C12H13BrClNO2. The van der Waals surface area contributed by atoms with Crippen LogP contribution in [0.25, 0.3) is 0 Å². The van der Waals surface area contributed by atoms with Gasteiger partial charge in [0.15, 0.2) is 0 Å². The number of hydrogen-bond acceptors (Lipinski definition) is 2. The number of piperidine rings is 1. The minimum atomic E-state index is -0.407. The minimum Gasteiger partial charge on any atom is -0.391 e. The van der Waals surface area contributed by atoms with Crippen LogP contribution >= 0.6 is 27.5 Å². The van der Waals surface area contributed by atoms with Crippen LogP contribution < -0.4 is 0 Å². The SMILES string of the molecule is O=C(c1cc(Cl)cc(Br)c1)N1CCCC(O)C1. The summed E-state index contributed by atoms with van der Waals surface area (Å²) in [6.45, 7) is 1.10. The van der Waals surface area contributed by atoms with E-state index in [-0.39, 0.29) is 5.91 Å². The zero-order chi connectivity index (χ0) is 12.4. The molecule has 0 spiro atoms. The predicted octanol–water partition coefficient (Wildman–Crippen LogP) is 2.70. The summed E-state index contributed by atoms with van der Waals surface area (Å²) >= 11 is 9.22. The fraction of sp³-hybridized carbons (Fsp3) is 0.417. The van der Waals surface area contributed by atoms with Gasteiger partial charge in [0.25, 0.3) is 5.91 Å². The molecule has 0 bridgehead atoms. The van der Waals surface area contributed by atoms with Crippen molar-refractivity contribution in [1.29, 1.82) is 0 Å². The summed E-state index contributed by atoms with van der Waals surface area (Å²) in [4.78, 5) is 13.9. The lowest BCUT2D eigenvalue weighted by molar-refractivity contribution is 0.0473. The van der Waals surface area contributed by atoms with Gasteiger partial charge in [-0.05, 0) is 31.0 Å². The molecule has 17 heavy (non-hydrogen) atoms. The lowest BCUT2D eigenvalue weighted by Crippen LogP contribution is -2.42. The van der Waals surface area contributed by atoms with Crippen molar-refractivity contribution in [1.82, 2.24) is 4.90 Å². The van der Waals surface area contributed by atoms with Crippen LogP contribution in [0.3, 0.4) is 0 Å². The molecule has 1 aromatic carbocycles. The Labute approximate surface area is 114 Å². The molecule has 1 aliphatic rings. The second-order valence-corrected chi connectivity index (χ2v) is 5.56. The maximum Gasteiger partial charge on any atom is 0.254 e. The summed E-state index contributed by atoms with van der Waals surface area (Å²) in [5.41, 5.74) is 0.554. The van der Waals surface area contributed by atoms with Crippen molar-refractivity contribution in [3.63, 3.8) is 0 Å². The van der Waals surface area contributed by atoms with Crippen molar-refractivity contribution >= 4 is 33.4 Å². The van der Waals surface area contributed by atoms with E-state index < -0.39 is 6.10 Å². The van der Waals surface area contributed by atoms with E-state index in [1.165, 1.54) is 0 Å². The summed E-state index contributed by atoms with van der Waals surface area (Å²) in [6, 6.07) is 5.13. The predicted molar refractivity (Wildman–Crippen MR) is 70.3 cm³/mol. The summed E-state index contributed by atoms with van der Waals surface area (Å²) in [6.07, 6.45) is 1.20. The fourth-order valence-corrected chi connectivity index (χ4v) is 2.86. The Morgan fingerprint density at radius 3 is 2.88 bits per heavy atom. The largest absolute Gasteiger partial charge is 0.391 e. The Balaban J connectivity index is 2.18. The van der Waals surface area contributed by atoms with Crippen molar-refractivity contribution < 1.29 is 9.90 Å². The molecule has 1 fully saturated rings. The van der Waals surface area contributed by atoms with Gasteiger partial charge < -0.3 is 10.0 Å². The van der Waals surface area contributed by atoms with Gasteiger partial charge >= 0.3 is 0 Å². The van der Waals surface area contributed by atoms with E-state index in [0.29, 0.717) is 23.7 Å². The van der Waals surface area contributed by atoms with Crippen molar-refractivity contribution in [3.05, 3.63) is 33.3 Å². The topological polar surface area (TPSA) is 40.5 Å². The van der Waals surface area contributed by atoms with Crippen LogP contribution in [-0.2, 0) is 0 Å². The van der Waals surface area contributed by atoms with Crippen molar-refractivity contribution in [2.75, 3.05) is 13.1 Å². The number of aliphatic hydroxyl groups is 1. The van der Waals surface area contributed by atoms with Crippen LogP contribution in [0.1, 0.15) is 23.2 Å².